The van der Waals surface area contributed by atoms with Crippen LogP contribution in [-0.2, 0) is 9.59 Å². The van der Waals surface area contributed by atoms with Gasteiger partial charge in [-0.05, 0) is 12.5 Å². The molecular weight excluding hydrogens is 224 g/mol. The Morgan fingerprint density at radius 3 is 2.47 bits per heavy atom. The maximum absolute atomic E-state index is 11.1. The van der Waals surface area contributed by atoms with Gasteiger partial charge in [0.1, 0.15) is 5.75 Å². The van der Waals surface area contributed by atoms with Crippen LogP contribution in [0.2, 0.25) is 0 Å². The van der Waals surface area contributed by atoms with Crippen LogP contribution in [0.1, 0.15) is 24.3 Å². The molecule has 0 spiro atoms. The van der Waals surface area contributed by atoms with E-state index in [-0.39, 0.29) is 12.8 Å². The third-order valence-electron chi connectivity index (χ3n) is 2.46. The minimum Gasteiger partial charge on any atom is -0.496 e. The number of carbonyl (C=O) groups is 2. The van der Waals surface area contributed by atoms with Gasteiger partial charge in [0.25, 0.3) is 0 Å². The standard InChI is InChI=1S/C12H14O5/c1-17-10-5-3-2-4-8(10)9(12(15)16)6-7-11(13)14/h2-5,9H,6-7H2,1H3,(H,13,14)(H,15,16). The van der Waals surface area contributed by atoms with Crippen molar-refractivity contribution in [1.82, 2.24) is 0 Å². The lowest BCUT2D eigenvalue weighted by atomic mass is 9.93. The Labute approximate surface area is 98.6 Å². The summed E-state index contributed by atoms with van der Waals surface area (Å²) in [7, 11) is 1.45. The van der Waals surface area contributed by atoms with Gasteiger partial charge in [-0.15, -0.1) is 0 Å². The first-order chi connectivity index (χ1) is 8.06. The fourth-order valence-corrected chi connectivity index (χ4v) is 1.63. The zero-order valence-electron chi connectivity index (χ0n) is 9.42. The lowest BCUT2D eigenvalue weighted by molar-refractivity contribution is -0.140. The van der Waals surface area contributed by atoms with Crippen molar-refractivity contribution < 1.29 is 24.5 Å². The molecule has 0 heterocycles. The van der Waals surface area contributed by atoms with Crippen molar-refractivity contribution in [2.24, 2.45) is 0 Å². The van der Waals surface area contributed by atoms with Gasteiger partial charge in [0.2, 0.25) is 0 Å². The van der Waals surface area contributed by atoms with E-state index in [0.29, 0.717) is 11.3 Å². The number of aliphatic carboxylic acids is 2. The molecule has 0 saturated heterocycles. The van der Waals surface area contributed by atoms with E-state index in [9.17, 15) is 9.59 Å². The molecule has 0 aromatic heterocycles. The molecule has 1 aromatic rings. The summed E-state index contributed by atoms with van der Waals surface area (Å²) < 4.78 is 5.07. The Hall–Kier alpha value is -2.04. The van der Waals surface area contributed by atoms with Gasteiger partial charge in [0.15, 0.2) is 0 Å². The molecule has 1 rings (SSSR count). The maximum atomic E-state index is 11.1. The minimum atomic E-state index is -1.05. The number of hydrogen-bond acceptors (Lipinski definition) is 3. The Bertz CT molecular complexity index is 413. The summed E-state index contributed by atoms with van der Waals surface area (Å²) in [5, 5.41) is 17.7. The molecule has 0 aliphatic rings. The predicted octanol–water partition coefficient (Wildman–Crippen LogP) is 1.73. The van der Waals surface area contributed by atoms with Gasteiger partial charge in [0.05, 0.1) is 13.0 Å². The third-order valence-corrected chi connectivity index (χ3v) is 2.46. The van der Waals surface area contributed by atoms with E-state index in [2.05, 4.69) is 0 Å². The number of carboxylic acid groups (broad SMARTS) is 2. The molecule has 0 saturated carbocycles. The van der Waals surface area contributed by atoms with Crippen LogP contribution < -0.4 is 4.74 Å². The Kier molecular flexibility index (Phi) is 4.51. The average Bonchev–Trinajstić information content (AvgIpc) is 2.29. The fourth-order valence-electron chi connectivity index (χ4n) is 1.63. The van der Waals surface area contributed by atoms with E-state index in [0.717, 1.165) is 0 Å². The third kappa shape index (κ3) is 3.48. The zero-order valence-corrected chi connectivity index (χ0v) is 9.42. The van der Waals surface area contributed by atoms with Crippen LogP contribution in [0, 0.1) is 0 Å². The van der Waals surface area contributed by atoms with Gasteiger partial charge >= 0.3 is 11.9 Å². The number of hydrogen-bond donors (Lipinski definition) is 2. The van der Waals surface area contributed by atoms with Crippen LogP contribution in [0.3, 0.4) is 0 Å². The number of para-hydroxylation sites is 1. The number of ether oxygens (including phenoxy) is 1. The van der Waals surface area contributed by atoms with Crippen molar-refractivity contribution in [3.05, 3.63) is 29.8 Å². The van der Waals surface area contributed by atoms with Gasteiger partial charge in [-0.2, -0.15) is 0 Å². The van der Waals surface area contributed by atoms with Crippen LogP contribution >= 0.6 is 0 Å². The van der Waals surface area contributed by atoms with Crippen molar-refractivity contribution in [1.29, 1.82) is 0 Å². The van der Waals surface area contributed by atoms with E-state index in [1.165, 1.54) is 7.11 Å². The molecule has 5 nitrogen and oxygen atoms in total. The summed E-state index contributed by atoms with van der Waals surface area (Å²) in [4.78, 5) is 21.6. The molecule has 92 valence electrons. The highest BCUT2D eigenvalue weighted by Gasteiger charge is 2.23. The first-order valence-electron chi connectivity index (χ1n) is 5.13. The Morgan fingerprint density at radius 2 is 1.94 bits per heavy atom. The summed E-state index contributed by atoms with van der Waals surface area (Å²) in [6.45, 7) is 0. The molecule has 5 heteroatoms. The highest BCUT2D eigenvalue weighted by atomic mass is 16.5. The molecular formula is C12H14O5. The molecule has 1 aromatic carbocycles. The topological polar surface area (TPSA) is 83.8 Å². The van der Waals surface area contributed by atoms with Gasteiger partial charge in [-0.1, -0.05) is 18.2 Å². The Morgan fingerprint density at radius 1 is 1.29 bits per heavy atom. The largest absolute Gasteiger partial charge is 0.496 e. The van der Waals surface area contributed by atoms with Gasteiger partial charge in [-0.3, -0.25) is 9.59 Å². The van der Waals surface area contributed by atoms with Gasteiger partial charge < -0.3 is 14.9 Å². The SMILES string of the molecule is COc1ccccc1C(CCC(=O)O)C(=O)O. The predicted molar refractivity (Wildman–Crippen MR) is 60.2 cm³/mol. The molecule has 0 aliphatic carbocycles. The normalized spacial score (nSPS) is 11.8. The highest BCUT2D eigenvalue weighted by molar-refractivity contribution is 5.78. The zero-order chi connectivity index (χ0) is 12.8. The minimum absolute atomic E-state index is 0.0467. The number of carboxylic acids is 2. The molecule has 0 fully saturated rings. The van der Waals surface area contributed by atoms with E-state index < -0.39 is 17.9 Å². The quantitative estimate of drug-likeness (QED) is 0.788. The monoisotopic (exact) mass is 238 g/mol. The van der Waals surface area contributed by atoms with E-state index in [1.807, 2.05) is 0 Å². The van der Waals surface area contributed by atoms with Gasteiger partial charge in [0, 0.05) is 12.0 Å². The molecule has 0 aliphatic heterocycles. The summed E-state index contributed by atoms with van der Waals surface area (Å²) in [5.74, 6) is -2.45. The number of methoxy groups -OCH3 is 1. The van der Waals surface area contributed by atoms with Crippen LogP contribution in [-0.4, -0.2) is 29.3 Å². The summed E-state index contributed by atoms with van der Waals surface area (Å²) in [6.07, 6.45) is -0.139. The van der Waals surface area contributed by atoms with Crippen LogP contribution in [0.25, 0.3) is 0 Å². The second-order valence-corrected chi connectivity index (χ2v) is 3.57. The van der Waals surface area contributed by atoms with Gasteiger partial charge in [-0.25, -0.2) is 0 Å². The number of rotatable bonds is 6. The van der Waals surface area contributed by atoms with Crippen LogP contribution in [0.15, 0.2) is 24.3 Å². The summed E-state index contributed by atoms with van der Waals surface area (Å²) >= 11 is 0. The molecule has 0 amide bonds. The molecule has 2 N–H and O–H groups in total. The average molecular weight is 238 g/mol. The first kappa shape index (κ1) is 13.0. The number of benzene rings is 1. The lowest BCUT2D eigenvalue weighted by Gasteiger charge is -2.14. The van der Waals surface area contributed by atoms with Crippen molar-refractivity contribution in [2.45, 2.75) is 18.8 Å². The first-order valence-corrected chi connectivity index (χ1v) is 5.13. The van der Waals surface area contributed by atoms with E-state index in [1.54, 1.807) is 24.3 Å². The molecule has 0 bridgehead atoms. The molecule has 1 unspecified atom stereocenters. The maximum Gasteiger partial charge on any atom is 0.311 e. The lowest BCUT2D eigenvalue weighted by Crippen LogP contribution is -2.14. The van der Waals surface area contributed by atoms with E-state index in [4.69, 9.17) is 14.9 Å². The summed E-state index contributed by atoms with van der Waals surface area (Å²) in [5.41, 5.74) is 0.503. The van der Waals surface area contributed by atoms with Crippen molar-refractivity contribution >= 4 is 11.9 Å². The van der Waals surface area contributed by atoms with Crippen LogP contribution in [0.5, 0.6) is 5.75 Å². The molecule has 0 radical (unpaired) electrons. The van der Waals surface area contributed by atoms with Crippen molar-refractivity contribution in [2.75, 3.05) is 7.11 Å². The van der Waals surface area contributed by atoms with Crippen LogP contribution in [0.4, 0.5) is 0 Å². The molecule has 17 heavy (non-hydrogen) atoms. The second kappa shape index (κ2) is 5.89. The van der Waals surface area contributed by atoms with Crippen molar-refractivity contribution in [3.63, 3.8) is 0 Å². The van der Waals surface area contributed by atoms with Crippen molar-refractivity contribution in [3.8, 4) is 5.75 Å². The van der Waals surface area contributed by atoms with E-state index >= 15 is 0 Å². The summed E-state index contributed by atoms with van der Waals surface area (Å²) in [6, 6.07) is 6.73. The second-order valence-electron chi connectivity index (χ2n) is 3.57. The molecule has 1 atom stereocenters. The fraction of sp³-hybridized carbons (Fsp3) is 0.333. The smallest absolute Gasteiger partial charge is 0.311 e. The highest BCUT2D eigenvalue weighted by Crippen LogP contribution is 2.29. The Balaban J connectivity index is 2.96.